The minimum Gasteiger partial charge on any atom is -0.411 e. The minimum atomic E-state index is -1.74. The summed E-state index contributed by atoms with van der Waals surface area (Å²) in [7, 11) is -3.49. The predicted octanol–water partition coefficient (Wildman–Crippen LogP) is 8.76. The number of rotatable bonds is 14. The molecule has 212 valence electrons. The molecule has 0 aromatic heterocycles. The molecule has 0 aromatic rings. The summed E-state index contributed by atoms with van der Waals surface area (Å²) in [5.41, 5.74) is 3.02. The summed E-state index contributed by atoms with van der Waals surface area (Å²) in [5, 5.41) is 0. The topological polar surface area (TPSA) is 36.9 Å². The molecule has 4 rings (SSSR count). The highest BCUT2D eigenvalue weighted by Gasteiger charge is 2.49. The molecule has 0 spiro atoms. The molecule has 6 heteroatoms. The summed E-state index contributed by atoms with van der Waals surface area (Å²) in [6, 6.07) is 2.50. The highest BCUT2D eigenvalue weighted by molar-refractivity contribution is 6.71. The van der Waals surface area contributed by atoms with Crippen molar-refractivity contribution in [3.8, 4) is 0 Å². The van der Waals surface area contributed by atoms with E-state index in [-0.39, 0.29) is 24.4 Å². The summed E-state index contributed by atoms with van der Waals surface area (Å²) in [6.07, 6.45) is 20.5. The third kappa shape index (κ3) is 7.70. The molecule has 3 aliphatic carbocycles. The van der Waals surface area contributed by atoms with Gasteiger partial charge in [0, 0.05) is 11.8 Å². The van der Waals surface area contributed by atoms with Crippen LogP contribution in [0.15, 0.2) is 23.3 Å². The van der Waals surface area contributed by atoms with Crippen LogP contribution in [0.3, 0.4) is 0 Å². The van der Waals surface area contributed by atoms with Crippen LogP contribution in [0.5, 0.6) is 0 Å². The third-order valence-corrected chi connectivity index (χ3v) is 14.2. The normalized spacial score (nSPS) is 31.8. The van der Waals surface area contributed by atoms with Gasteiger partial charge in [-0.05, 0) is 75.1 Å². The molecule has 6 atom stereocenters. The van der Waals surface area contributed by atoms with Gasteiger partial charge in [-0.2, -0.15) is 0 Å². The van der Waals surface area contributed by atoms with Gasteiger partial charge < -0.3 is 18.3 Å². The highest BCUT2D eigenvalue weighted by Crippen LogP contribution is 2.49. The second kappa shape index (κ2) is 13.4. The van der Waals surface area contributed by atoms with Crippen LogP contribution in [0.4, 0.5) is 0 Å². The van der Waals surface area contributed by atoms with Crippen LogP contribution in [0.25, 0.3) is 0 Å². The minimum absolute atomic E-state index is 0.0478. The van der Waals surface area contributed by atoms with Gasteiger partial charge in [-0.25, -0.2) is 0 Å². The summed E-state index contributed by atoms with van der Waals surface area (Å²) in [5.74, 6) is 0.959. The van der Waals surface area contributed by atoms with Gasteiger partial charge in [0.25, 0.3) is 0 Å². The molecule has 0 amide bonds. The van der Waals surface area contributed by atoms with E-state index in [9.17, 15) is 0 Å². The van der Waals surface area contributed by atoms with Gasteiger partial charge in [0.15, 0.2) is 16.6 Å². The molecule has 2 fully saturated rings. The van der Waals surface area contributed by atoms with Crippen LogP contribution < -0.4 is 0 Å². The van der Waals surface area contributed by atoms with Gasteiger partial charge in [-0.3, -0.25) is 0 Å². The number of allylic oxidation sites excluding steroid dienone is 2. The summed E-state index contributed by atoms with van der Waals surface area (Å²) >= 11 is 0. The standard InChI is InChI=1S/C31H56O4Si2/c1-7-9-11-13-21-36(3,4)34-26-19-17-24-15-16-25-18-20-27(35-37(5,6)22-14-12-10-8-2)31-29(25)28(24)30(26)32-23-33-31/h15-16,24-27,30-31H,7-14,17-23H2,1-6H3/t24-,25+,26-,27-,30-,31-/m0/s1. The Morgan fingerprint density at radius 3 is 1.49 bits per heavy atom. The Bertz CT molecular complexity index is 730. The molecule has 0 bridgehead atoms. The smallest absolute Gasteiger partial charge is 0.187 e. The van der Waals surface area contributed by atoms with Gasteiger partial charge in [-0.15, -0.1) is 0 Å². The van der Waals surface area contributed by atoms with E-state index in [1.807, 2.05) is 0 Å². The highest BCUT2D eigenvalue weighted by atomic mass is 28.4. The van der Waals surface area contributed by atoms with Crippen molar-refractivity contribution in [1.82, 2.24) is 0 Å². The average molecular weight is 549 g/mol. The van der Waals surface area contributed by atoms with Crippen molar-refractivity contribution < 1.29 is 18.3 Å². The fourth-order valence-corrected chi connectivity index (χ4v) is 11.8. The van der Waals surface area contributed by atoms with Crippen LogP contribution in [-0.2, 0) is 18.3 Å². The summed E-state index contributed by atoms with van der Waals surface area (Å²) < 4.78 is 27.2. The zero-order valence-electron chi connectivity index (χ0n) is 24.9. The molecule has 0 aromatic carbocycles. The van der Waals surface area contributed by atoms with Gasteiger partial charge in [0.1, 0.15) is 19.0 Å². The zero-order valence-corrected chi connectivity index (χ0v) is 26.9. The Hall–Kier alpha value is -0.246. The Morgan fingerprint density at radius 2 is 1.08 bits per heavy atom. The van der Waals surface area contributed by atoms with Crippen molar-refractivity contribution in [3.05, 3.63) is 23.3 Å². The van der Waals surface area contributed by atoms with Crippen molar-refractivity contribution in [1.29, 1.82) is 0 Å². The van der Waals surface area contributed by atoms with E-state index in [0.717, 1.165) is 12.8 Å². The lowest BCUT2D eigenvalue weighted by Crippen LogP contribution is -2.49. The van der Waals surface area contributed by atoms with Crippen molar-refractivity contribution in [3.63, 3.8) is 0 Å². The Labute approximate surface area is 230 Å². The lowest BCUT2D eigenvalue weighted by Gasteiger charge is -2.46. The SMILES string of the molecule is CCCCCC[Si](C)(C)O[C@H]1CC[C@H]2C=C[C@H]3CC[C@H](O[Si](C)(C)CCCCCC)[C@@H]4OCO[C@@H]1C2=C43. The van der Waals surface area contributed by atoms with E-state index in [1.165, 1.54) is 87.4 Å². The number of unbranched alkanes of at least 4 members (excludes halogenated alkanes) is 6. The maximum absolute atomic E-state index is 7.02. The average Bonchev–Trinajstić information content (AvgIpc) is 3.07. The van der Waals surface area contributed by atoms with Crippen LogP contribution >= 0.6 is 0 Å². The first-order valence-electron chi connectivity index (χ1n) is 15.8. The lowest BCUT2D eigenvalue weighted by molar-refractivity contribution is -0.139. The van der Waals surface area contributed by atoms with Crippen molar-refractivity contribution in [2.75, 3.05) is 6.79 Å². The first-order valence-corrected chi connectivity index (χ1v) is 22.0. The largest absolute Gasteiger partial charge is 0.411 e. The Morgan fingerprint density at radius 1 is 0.649 bits per heavy atom. The van der Waals surface area contributed by atoms with Gasteiger partial charge >= 0.3 is 0 Å². The molecular formula is C31H56O4Si2. The first-order chi connectivity index (χ1) is 17.7. The Kier molecular flexibility index (Phi) is 10.8. The molecule has 1 aliphatic heterocycles. The molecule has 0 N–H and O–H groups in total. The molecule has 2 saturated carbocycles. The molecule has 0 radical (unpaired) electrons. The molecule has 1 heterocycles. The first kappa shape index (κ1) is 29.7. The fraction of sp³-hybridized carbons (Fsp3) is 0.871. The number of ether oxygens (including phenoxy) is 2. The fourth-order valence-electron chi connectivity index (χ4n) is 7.26. The van der Waals surface area contributed by atoms with Crippen LogP contribution in [-0.4, -0.2) is 47.8 Å². The quantitative estimate of drug-likeness (QED) is 0.123. The number of hydrogen-bond acceptors (Lipinski definition) is 4. The van der Waals surface area contributed by atoms with Crippen molar-refractivity contribution in [2.45, 2.75) is 154 Å². The van der Waals surface area contributed by atoms with E-state index in [0.29, 0.717) is 18.6 Å². The monoisotopic (exact) mass is 548 g/mol. The number of hydrogen-bond donors (Lipinski definition) is 0. The van der Waals surface area contributed by atoms with Gasteiger partial charge in [-0.1, -0.05) is 77.4 Å². The third-order valence-electron chi connectivity index (χ3n) is 9.22. The molecule has 0 saturated heterocycles. The maximum atomic E-state index is 7.02. The Balaban J connectivity index is 1.49. The summed E-state index contributed by atoms with van der Waals surface area (Å²) in [4.78, 5) is 0. The van der Waals surface area contributed by atoms with Crippen LogP contribution in [0.2, 0.25) is 38.3 Å². The second-order valence-corrected chi connectivity index (χ2v) is 21.9. The van der Waals surface area contributed by atoms with Crippen LogP contribution in [0.1, 0.15) is 90.9 Å². The molecule has 0 unspecified atom stereocenters. The van der Waals surface area contributed by atoms with E-state index in [4.69, 9.17) is 18.3 Å². The summed E-state index contributed by atoms with van der Waals surface area (Å²) in [6.45, 7) is 14.6. The molecule has 37 heavy (non-hydrogen) atoms. The molecule has 4 nitrogen and oxygen atoms in total. The van der Waals surface area contributed by atoms with E-state index in [1.54, 1.807) is 0 Å². The maximum Gasteiger partial charge on any atom is 0.187 e. The van der Waals surface area contributed by atoms with E-state index in [2.05, 4.69) is 52.2 Å². The van der Waals surface area contributed by atoms with Crippen molar-refractivity contribution >= 4 is 16.6 Å². The zero-order chi connectivity index (χ0) is 26.5. The van der Waals surface area contributed by atoms with Crippen LogP contribution in [0, 0.1) is 11.8 Å². The molecule has 4 aliphatic rings. The van der Waals surface area contributed by atoms with Gasteiger partial charge in [0.2, 0.25) is 0 Å². The van der Waals surface area contributed by atoms with Gasteiger partial charge in [0.05, 0.1) is 12.2 Å². The molecular weight excluding hydrogens is 493 g/mol. The second-order valence-electron chi connectivity index (χ2n) is 13.4. The van der Waals surface area contributed by atoms with E-state index >= 15 is 0 Å². The lowest BCUT2D eigenvalue weighted by atomic mass is 9.67. The van der Waals surface area contributed by atoms with E-state index < -0.39 is 16.6 Å². The van der Waals surface area contributed by atoms with Crippen molar-refractivity contribution in [2.24, 2.45) is 11.8 Å². The predicted molar refractivity (Wildman–Crippen MR) is 159 cm³/mol.